The molecule has 108 valence electrons. The molecule has 0 spiro atoms. The predicted molar refractivity (Wildman–Crippen MR) is 81.2 cm³/mol. The molecule has 21 heavy (non-hydrogen) atoms. The average molecular weight is 281 g/mol. The third-order valence-corrected chi connectivity index (χ3v) is 4.92. The van der Waals surface area contributed by atoms with E-state index < -0.39 is 0 Å². The average Bonchev–Trinajstić information content (AvgIpc) is 2.99. The van der Waals surface area contributed by atoms with Crippen LogP contribution in [0.1, 0.15) is 23.1 Å². The third-order valence-electron chi connectivity index (χ3n) is 4.92. The van der Waals surface area contributed by atoms with Gasteiger partial charge < -0.3 is 9.72 Å². The van der Waals surface area contributed by atoms with Gasteiger partial charge in [-0.3, -0.25) is 4.90 Å². The Morgan fingerprint density at radius 3 is 2.95 bits per heavy atom. The highest BCUT2D eigenvalue weighted by Crippen LogP contribution is 2.32. The Morgan fingerprint density at radius 2 is 2.14 bits per heavy atom. The maximum atomic E-state index is 9.34. The van der Waals surface area contributed by atoms with Crippen LogP contribution in [0.5, 0.6) is 0 Å². The fourth-order valence-electron chi connectivity index (χ4n) is 3.81. The van der Waals surface area contributed by atoms with Gasteiger partial charge in [0.15, 0.2) is 0 Å². The van der Waals surface area contributed by atoms with Crippen molar-refractivity contribution in [2.24, 2.45) is 0 Å². The number of nitrogens with one attached hydrogen (secondary N) is 1. The molecule has 1 fully saturated rings. The molecule has 1 aliphatic heterocycles. The summed E-state index contributed by atoms with van der Waals surface area (Å²) in [6.45, 7) is 3.77. The summed E-state index contributed by atoms with van der Waals surface area (Å²) in [7, 11) is 0. The van der Waals surface area contributed by atoms with E-state index in [0.717, 1.165) is 55.6 Å². The fraction of sp³-hybridized carbons (Fsp3) is 0.471. The molecule has 4 nitrogen and oxygen atoms in total. The van der Waals surface area contributed by atoms with Gasteiger partial charge in [0.25, 0.3) is 0 Å². The maximum Gasteiger partial charge on any atom is 0.101 e. The maximum absolute atomic E-state index is 9.34. The number of fused-ring (bicyclic) bond motifs is 3. The lowest BCUT2D eigenvalue weighted by Gasteiger charge is -2.37. The van der Waals surface area contributed by atoms with Crippen molar-refractivity contribution in [1.82, 2.24) is 9.88 Å². The molecule has 1 N–H and O–H groups in total. The largest absolute Gasteiger partial charge is 0.379 e. The number of H-pyrrole nitrogens is 1. The Labute approximate surface area is 124 Å². The van der Waals surface area contributed by atoms with Crippen molar-refractivity contribution in [3.8, 4) is 6.07 Å². The van der Waals surface area contributed by atoms with Crippen LogP contribution in [0.4, 0.5) is 0 Å². The highest BCUT2D eigenvalue weighted by atomic mass is 16.5. The number of ether oxygens (including phenoxy) is 1. The van der Waals surface area contributed by atoms with Gasteiger partial charge >= 0.3 is 0 Å². The third kappa shape index (κ3) is 2.14. The number of hydrogen-bond acceptors (Lipinski definition) is 3. The van der Waals surface area contributed by atoms with Crippen LogP contribution in [-0.4, -0.2) is 42.2 Å². The lowest BCUT2D eigenvalue weighted by Crippen LogP contribution is -2.45. The van der Waals surface area contributed by atoms with E-state index in [1.165, 1.54) is 17.5 Å². The summed E-state index contributed by atoms with van der Waals surface area (Å²) in [5.74, 6) is 0. The summed E-state index contributed by atoms with van der Waals surface area (Å²) in [5.41, 5.74) is 4.67. The van der Waals surface area contributed by atoms with Crippen molar-refractivity contribution in [2.45, 2.75) is 25.3 Å². The Morgan fingerprint density at radius 1 is 1.29 bits per heavy atom. The number of hydrogen-bond donors (Lipinski definition) is 1. The Kier molecular flexibility index (Phi) is 3.17. The normalized spacial score (nSPS) is 22.9. The van der Waals surface area contributed by atoms with Crippen molar-refractivity contribution < 1.29 is 4.74 Å². The first-order chi connectivity index (χ1) is 10.4. The van der Waals surface area contributed by atoms with E-state index in [0.29, 0.717) is 6.04 Å². The molecule has 0 bridgehead atoms. The van der Waals surface area contributed by atoms with Gasteiger partial charge in [0, 0.05) is 36.2 Å². The molecule has 0 radical (unpaired) electrons. The molecular formula is C17H19N3O. The molecule has 2 aromatic rings. The molecule has 1 atom stereocenters. The van der Waals surface area contributed by atoms with Crippen LogP contribution in [0.3, 0.4) is 0 Å². The van der Waals surface area contributed by atoms with Gasteiger partial charge in [0.2, 0.25) is 0 Å². The highest BCUT2D eigenvalue weighted by Gasteiger charge is 2.27. The summed E-state index contributed by atoms with van der Waals surface area (Å²) in [4.78, 5) is 5.79. The molecule has 2 aliphatic rings. The second-order valence-electron chi connectivity index (χ2n) is 5.98. The highest BCUT2D eigenvalue weighted by molar-refractivity contribution is 5.90. The first-order valence-corrected chi connectivity index (χ1v) is 7.70. The molecular weight excluding hydrogens is 262 g/mol. The van der Waals surface area contributed by atoms with Crippen molar-refractivity contribution in [1.29, 1.82) is 5.26 Å². The zero-order valence-electron chi connectivity index (χ0n) is 12.1. The monoisotopic (exact) mass is 281 g/mol. The van der Waals surface area contributed by atoms with Gasteiger partial charge in [-0.1, -0.05) is 6.07 Å². The summed E-state index contributed by atoms with van der Waals surface area (Å²) >= 11 is 0. The Balaban J connectivity index is 1.73. The predicted octanol–water partition coefficient (Wildman–Crippen LogP) is 2.23. The zero-order valence-corrected chi connectivity index (χ0v) is 12.1. The fourth-order valence-corrected chi connectivity index (χ4v) is 3.81. The van der Waals surface area contributed by atoms with Crippen LogP contribution >= 0.6 is 0 Å². The molecule has 1 unspecified atom stereocenters. The molecule has 2 heterocycles. The van der Waals surface area contributed by atoms with E-state index in [1.807, 2.05) is 6.20 Å². The minimum atomic E-state index is 0.591. The number of nitriles is 1. The SMILES string of the molecule is N#Cc1c[nH]c2ccc3c(c12)CC(N1CCOCC1)CC3. The van der Waals surface area contributed by atoms with E-state index in [2.05, 4.69) is 28.1 Å². The molecule has 4 rings (SSSR count). The van der Waals surface area contributed by atoms with Crippen LogP contribution in [0.15, 0.2) is 18.3 Å². The van der Waals surface area contributed by atoms with E-state index in [1.54, 1.807) is 0 Å². The lowest BCUT2D eigenvalue weighted by molar-refractivity contribution is 0.0138. The van der Waals surface area contributed by atoms with Gasteiger partial charge in [-0.15, -0.1) is 0 Å². The van der Waals surface area contributed by atoms with Crippen LogP contribution in [0.2, 0.25) is 0 Å². The summed E-state index contributed by atoms with van der Waals surface area (Å²) in [6, 6.07) is 7.26. The number of nitrogens with zero attached hydrogens (tertiary/aromatic N) is 2. The van der Waals surface area contributed by atoms with E-state index in [4.69, 9.17) is 4.74 Å². The molecule has 1 aromatic heterocycles. The van der Waals surface area contributed by atoms with Gasteiger partial charge in [-0.2, -0.15) is 5.26 Å². The quantitative estimate of drug-likeness (QED) is 0.872. The number of aromatic nitrogens is 1. The van der Waals surface area contributed by atoms with Crippen molar-refractivity contribution in [2.75, 3.05) is 26.3 Å². The number of aryl methyl sites for hydroxylation is 1. The number of benzene rings is 1. The lowest BCUT2D eigenvalue weighted by atomic mass is 9.84. The van der Waals surface area contributed by atoms with E-state index in [9.17, 15) is 5.26 Å². The zero-order chi connectivity index (χ0) is 14.2. The Bertz CT molecular complexity index is 707. The smallest absolute Gasteiger partial charge is 0.101 e. The second kappa shape index (κ2) is 5.18. The topological polar surface area (TPSA) is 52.0 Å². The molecule has 1 aliphatic carbocycles. The number of rotatable bonds is 1. The molecule has 0 saturated carbocycles. The van der Waals surface area contributed by atoms with E-state index in [-0.39, 0.29) is 0 Å². The van der Waals surface area contributed by atoms with Crippen molar-refractivity contribution >= 4 is 10.9 Å². The van der Waals surface area contributed by atoms with Crippen molar-refractivity contribution in [3.05, 3.63) is 35.0 Å². The van der Waals surface area contributed by atoms with E-state index >= 15 is 0 Å². The molecule has 1 aromatic carbocycles. The van der Waals surface area contributed by atoms with Gasteiger partial charge in [-0.05, 0) is 36.5 Å². The standard InChI is InChI=1S/C17H19N3O/c18-10-13-11-19-16-4-2-12-1-3-14(9-15(12)17(13)16)20-5-7-21-8-6-20/h2,4,11,14,19H,1,3,5-9H2. The van der Waals surface area contributed by atoms with Crippen LogP contribution < -0.4 is 0 Å². The van der Waals surface area contributed by atoms with Crippen molar-refractivity contribution in [3.63, 3.8) is 0 Å². The summed E-state index contributed by atoms with van der Waals surface area (Å²) in [6.07, 6.45) is 5.22. The van der Waals surface area contributed by atoms with Crippen LogP contribution in [-0.2, 0) is 17.6 Å². The first kappa shape index (κ1) is 12.9. The van der Waals surface area contributed by atoms with Gasteiger partial charge in [0.1, 0.15) is 6.07 Å². The van der Waals surface area contributed by atoms with Gasteiger partial charge in [0.05, 0.1) is 18.8 Å². The minimum Gasteiger partial charge on any atom is -0.379 e. The number of morpholine rings is 1. The molecule has 0 amide bonds. The first-order valence-electron chi connectivity index (χ1n) is 7.70. The summed E-state index contributed by atoms with van der Waals surface area (Å²) in [5, 5.41) is 10.5. The summed E-state index contributed by atoms with van der Waals surface area (Å²) < 4.78 is 5.46. The number of aromatic amines is 1. The molecule has 1 saturated heterocycles. The van der Waals surface area contributed by atoms with Crippen LogP contribution in [0.25, 0.3) is 10.9 Å². The minimum absolute atomic E-state index is 0.591. The van der Waals surface area contributed by atoms with Gasteiger partial charge in [-0.25, -0.2) is 0 Å². The molecule has 4 heteroatoms. The second-order valence-corrected chi connectivity index (χ2v) is 5.98. The Hall–Kier alpha value is -1.83. The van der Waals surface area contributed by atoms with Crippen LogP contribution in [0, 0.1) is 11.3 Å².